The molecule has 0 aliphatic carbocycles. The number of aromatic amines is 1. The fraction of sp³-hybridized carbons (Fsp3) is 0.250. The molecule has 2 rings (SSSR count). The van der Waals surface area contributed by atoms with E-state index in [1.54, 1.807) is 10.6 Å². The van der Waals surface area contributed by atoms with Gasteiger partial charge in [0.2, 0.25) is 0 Å². The normalized spacial score (nSPS) is 11.9. The van der Waals surface area contributed by atoms with Crippen LogP contribution in [0, 0.1) is 4.77 Å². The van der Waals surface area contributed by atoms with Crippen molar-refractivity contribution in [1.82, 2.24) is 9.55 Å². The van der Waals surface area contributed by atoms with Crippen molar-refractivity contribution in [3.05, 3.63) is 41.2 Å². The van der Waals surface area contributed by atoms with Gasteiger partial charge in [-0.3, -0.25) is 0 Å². The zero-order chi connectivity index (χ0) is 13.3. The predicted molar refractivity (Wildman–Crippen MR) is 66.9 cm³/mol. The van der Waals surface area contributed by atoms with Crippen LogP contribution in [-0.4, -0.2) is 9.55 Å². The third kappa shape index (κ3) is 2.33. The van der Waals surface area contributed by atoms with Crippen LogP contribution in [0.25, 0.3) is 11.0 Å². The van der Waals surface area contributed by atoms with Gasteiger partial charge >= 0.3 is 6.18 Å². The molecule has 0 spiro atoms. The second-order valence-electron chi connectivity index (χ2n) is 3.89. The predicted octanol–water partition coefficient (Wildman–Crippen LogP) is 4.29. The lowest BCUT2D eigenvalue weighted by Gasteiger charge is -2.07. The van der Waals surface area contributed by atoms with E-state index in [-0.39, 0.29) is 0 Å². The highest BCUT2D eigenvalue weighted by atomic mass is 32.1. The number of imidazole rings is 1. The third-order valence-corrected chi connectivity index (χ3v) is 2.98. The molecular formula is C12H11F3N2S. The van der Waals surface area contributed by atoms with Crippen molar-refractivity contribution in [2.24, 2.45) is 0 Å². The molecule has 0 saturated carbocycles. The summed E-state index contributed by atoms with van der Waals surface area (Å²) < 4.78 is 39.9. The quantitative estimate of drug-likeness (QED) is 0.653. The number of hydrogen-bond donors (Lipinski definition) is 1. The first-order valence-electron chi connectivity index (χ1n) is 5.34. The van der Waals surface area contributed by atoms with E-state index in [4.69, 9.17) is 12.2 Å². The van der Waals surface area contributed by atoms with Crippen LogP contribution < -0.4 is 0 Å². The SMILES string of the molecule is C=CCCn1c(=S)[nH]c2cc(C(F)(F)F)ccc21. The zero-order valence-corrected chi connectivity index (χ0v) is 10.2. The van der Waals surface area contributed by atoms with Crippen molar-refractivity contribution in [3.63, 3.8) is 0 Å². The number of alkyl halides is 3. The van der Waals surface area contributed by atoms with Gasteiger partial charge < -0.3 is 9.55 Å². The van der Waals surface area contributed by atoms with Crippen LogP contribution in [0.1, 0.15) is 12.0 Å². The molecule has 0 aliphatic heterocycles. The number of allylic oxidation sites excluding steroid dienone is 1. The fourth-order valence-corrected chi connectivity index (χ4v) is 2.08. The van der Waals surface area contributed by atoms with E-state index in [0.29, 0.717) is 28.8 Å². The molecule has 1 N–H and O–H groups in total. The van der Waals surface area contributed by atoms with Crippen LogP contribution >= 0.6 is 12.2 Å². The van der Waals surface area contributed by atoms with E-state index in [1.165, 1.54) is 6.07 Å². The second kappa shape index (κ2) is 4.61. The zero-order valence-electron chi connectivity index (χ0n) is 9.42. The summed E-state index contributed by atoms with van der Waals surface area (Å²) >= 11 is 5.09. The summed E-state index contributed by atoms with van der Waals surface area (Å²) in [6.07, 6.45) is -1.89. The molecule has 18 heavy (non-hydrogen) atoms. The van der Waals surface area contributed by atoms with Gasteiger partial charge in [-0.2, -0.15) is 13.2 Å². The van der Waals surface area contributed by atoms with Gasteiger partial charge in [-0.15, -0.1) is 6.58 Å². The van der Waals surface area contributed by atoms with Crippen LogP contribution in [0.4, 0.5) is 13.2 Å². The summed E-state index contributed by atoms with van der Waals surface area (Å²) in [4.78, 5) is 2.79. The van der Waals surface area contributed by atoms with E-state index in [9.17, 15) is 13.2 Å². The average molecular weight is 272 g/mol. The smallest absolute Gasteiger partial charge is 0.331 e. The molecule has 1 aromatic carbocycles. The molecular weight excluding hydrogens is 261 g/mol. The molecule has 0 atom stereocenters. The lowest BCUT2D eigenvalue weighted by Crippen LogP contribution is -2.04. The molecule has 1 aromatic heterocycles. The molecule has 96 valence electrons. The minimum absolute atomic E-state index is 0.402. The lowest BCUT2D eigenvalue weighted by atomic mass is 10.2. The number of halogens is 3. The molecule has 0 saturated heterocycles. The van der Waals surface area contributed by atoms with E-state index >= 15 is 0 Å². The Balaban J connectivity index is 2.54. The van der Waals surface area contributed by atoms with Gasteiger partial charge in [-0.25, -0.2) is 0 Å². The molecule has 6 heteroatoms. The summed E-state index contributed by atoms with van der Waals surface area (Å²) in [5.41, 5.74) is 0.399. The summed E-state index contributed by atoms with van der Waals surface area (Å²) in [5.74, 6) is 0. The average Bonchev–Trinajstić information content (AvgIpc) is 2.60. The summed E-state index contributed by atoms with van der Waals surface area (Å²) in [6.45, 7) is 4.21. The Hall–Kier alpha value is -1.56. The first kappa shape index (κ1) is 12.9. The first-order chi connectivity index (χ1) is 8.43. The minimum atomic E-state index is -4.34. The van der Waals surface area contributed by atoms with Crippen LogP contribution in [0.15, 0.2) is 30.9 Å². The fourth-order valence-electron chi connectivity index (χ4n) is 1.78. The highest BCUT2D eigenvalue weighted by Gasteiger charge is 2.30. The van der Waals surface area contributed by atoms with Gasteiger partial charge in [0.15, 0.2) is 4.77 Å². The van der Waals surface area contributed by atoms with Gasteiger partial charge in [0.25, 0.3) is 0 Å². The number of aromatic nitrogens is 2. The monoisotopic (exact) mass is 272 g/mol. The molecule has 0 amide bonds. The van der Waals surface area contributed by atoms with Gasteiger partial charge in [0.1, 0.15) is 0 Å². The van der Waals surface area contributed by atoms with Crippen molar-refractivity contribution in [2.75, 3.05) is 0 Å². The van der Waals surface area contributed by atoms with Crippen LogP contribution in [0.3, 0.4) is 0 Å². The summed E-state index contributed by atoms with van der Waals surface area (Å²) in [6, 6.07) is 3.58. The topological polar surface area (TPSA) is 20.7 Å². The number of H-pyrrole nitrogens is 1. The number of benzene rings is 1. The molecule has 0 radical (unpaired) electrons. The summed E-state index contributed by atoms with van der Waals surface area (Å²) in [5, 5.41) is 0. The van der Waals surface area contributed by atoms with E-state index in [1.807, 2.05) is 0 Å². The number of fused-ring (bicyclic) bond motifs is 1. The number of nitrogens with zero attached hydrogens (tertiary/aromatic N) is 1. The maximum Gasteiger partial charge on any atom is 0.416 e. The van der Waals surface area contributed by atoms with Crippen molar-refractivity contribution in [2.45, 2.75) is 19.1 Å². The highest BCUT2D eigenvalue weighted by Crippen LogP contribution is 2.31. The number of nitrogens with one attached hydrogen (secondary N) is 1. The van der Waals surface area contributed by atoms with Crippen LogP contribution in [0.5, 0.6) is 0 Å². The summed E-state index contributed by atoms with van der Waals surface area (Å²) in [7, 11) is 0. The van der Waals surface area contributed by atoms with E-state index in [0.717, 1.165) is 12.1 Å². The van der Waals surface area contributed by atoms with Gasteiger partial charge in [0, 0.05) is 6.54 Å². The van der Waals surface area contributed by atoms with Crippen molar-refractivity contribution in [3.8, 4) is 0 Å². The van der Waals surface area contributed by atoms with E-state index < -0.39 is 11.7 Å². The number of rotatable bonds is 3. The number of hydrogen-bond acceptors (Lipinski definition) is 1. The Kier molecular flexibility index (Phi) is 3.30. The van der Waals surface area contributed by atoms with Crippen molar-refractivity contribution in [1.29, 1.82) is 0 Å². The van der Waals surface area contributed by atoms with Gasteiger partial charge in [-0.05, 0) is 36.8 Å². The molecule has 0 fully saturated rings. The lowest BCUT2D eigenvalue weighted by molar-refractivity contribution is -0.137. The Labute approximate surface area is 107 Å². The third-order valence-electron chi connectivity index (χ3n) is 2.66. The Morgan fingerprint density at radius 1 is 1.39 bits per heavy atom. The van der Waals surface area contributed by atoms with Crippen molar-refractivity contribution >= 4 is 23.3 Å². The second-order valence-corrected chi connectivity index (χ2v) is 4.28. The van der Waals surface area contributed by atoms with E-state index in [2.05, 4.69) is 11.6 Å². The largest absolute Gasteiger partial charge is 0.416 e. The molecule has 0 unspecified atom stereocenters. The molecule has 0 aliphatic rings. The number of aryl methyl sites for hydroxylation is 1. The Morgan fingerprint density at radius 2 is 2.11 bits per heavy atom. The molecule has 0 bridgehead atoms. The first-order valence-corrected chi connectivity index (χ1v) is 5.75. The molecule has 2 nitrogen and oxygen atoms in total. The molecule has 2 aromatic rings. The van der Waals surface area contributed by atoms with Crippen LogP contribution in [0.2, 0.25) is 0 Å². The highest BCUT2D eigenvalue weighted by molar-refractivity contribution is 7.71. The molecule has 1 heterocycles. The maximum absolute atomic E-state index is 12.6. The van der Waals surface area contributed by atoms with Crippen molar-refractivity contribution < 1.29 is 13.2 Å². The minimum Gasteiger partial charge on any atom is -0.331 e. The van der Waals surface area contributed by atoms with Gasteiger partial charge in [-0.1, -0.05) is 6.08 Å². The Bertz CT molecular complexity index is 637. The van der Waals surface area contributed by atoms with Gasteiger partial charge in [0.05, 0.1) is 16.6 Å². The Morgan fingerprint density at radius 3 is 2.72 bits per heavy atom. The maximum atomic E-state index is 12.6. The standard InChI is InChI=1S/C12H11F3N2S/c1-2-3-6-17-10-5-4-8(12(13,14)15)7-9(10)16-11(17)18/h2,4-5,7H,1,3,6H2,(H,16,18). The van der Waals surface area contributed by atoms with Crippen LogP contribution in [-0.2, 0) is 12.7 Å².